The van der Waals surface area contributed by atoms with Crippen molar-refractivity contribution in [2.45, 2.75) is 20.0 Å². The molecule has 1 N–H and O–H groups in total. The lowest BCUT2D eigenvalue weighted by Gasteiger charge is -1.97. The summed E-state index contributed by atoms with van der Waals surface area (Å²) >= 11 is 1.56. The molecule has 1 heterocycles. The first-order chi connectivity index (χ1) is 7.18. The second-order valence-electron chi connectivity index (χ2n) is 3.50. The lowest BCUT2D eigenvalue weighted by atomic mass is 10.1. The largest absolute Gasteiger partial charge is 0.386 e. The van der Waals surface area contributed by atoms with Crippen molar-refractivity contribution in [1.82, 2.24) is 4.98 Å². The quantitative estimate of drug-likeness (QED) is 0.841. The first kappa shape index (κ1) is 10.3. The minimum Gasteiger partial charge on any atom is -0.386 e. The summed E-state index contributed by atoms with van der Waals surface area (Å²) in [7, 11) is 0. The van der Waals surface area contributed by atoms with Gasteiger partial charge in [-0.15, -0.1) is 11.3 Å². The van der Waals surface area contributed by atoms with Gasteiger partial charge in [0.2, 0.25) is 0 Å². The van der Waals surface area contributed by atoms with Gasteiger partial charge in [0.05, 0.1) is 5.69 Å². The molecule has 78 valence electrons. The lowest BCUT2D eigenvalue weighted by molar-refractivity contribution is 0.199. The Balaban J connectivity index is 2.45. The maximum atomic E-state index is 9.46. The number of aromatic nitrogens is 1. The molecule has 0 bridgehead atoms. The first-order valence-electron chi connectivity index (χ1n) is 4.89. The molecule has 2 aromatic rings. The summed E-state index contributed by atoms with van der Waals surface area (Å²) in [5.41, 5.74) is 2.09. The third kappa shape index (κ3) is 2.08. The van der Waals surface area contributed by atoms with Crippen LogP contribution in [-0.4, -0.2) is 10.1 Å². The molecule has 3 heteroatoms. The highest BCUT2D eigenvalue weighted by molar-refractivity contribution is 7.12. The van der Waals surface area contributed by atoms with E-state index in [1.54, 1.807) is 18.3 Å². The minimum absolute atomic E-state index is 0.480. The van der Waals surface area contributed by atoms with Crippen LogP contribution in [0.15, 0.2) is 30.3 Å². The number of aliphatic hydroxyl groups excluding tert-OH is 1. The molecule has 0 saturated carbocycles. The Morgan fingerprint density at radius 3 is 2.47 bits per heavy atom. The maximum absolute atomic E-state index is 9.46. The van der Waals surface area contributed by atoms with E-state index in [4.69, 9.17) is 0 Å². The van der Waals surface area contributed by atoms with Crippen molar-refractivity contribution in [3.05, 3.63) is 40.2 Å². The van der Waals surface area contributed by atoms with Crippen molar-refractivity contribution in [2.24, 2.45) is 0 Å². The molecule has 0 radical (unpaired) electrons. The molecule has 0 spiro atoms. The van der Waals surface area contributed by atoms with Crippen molar-refractivity contribution < 1.29 is 5.11 Å². The fourth-order valence-electron chi connectivity index (χ4n) is 1.46. The SMILES string of the molecule is Cc1sc(C(C)O)nc1-c1ccccc1. The molecule has 15 heavy (non-hydrogen) atoms. The standard InChI is InChI=1S/C12H13NOS/c1-8(14)12-13-11(9(2)15-12)10-6-4-3-5-7-10/h3-8,14H,1-2H3. The zero-order valence-electron chi connectivity index (χ0n) is 8.77. The Morgan fingerprint density at radius 1 is 1.27 bits per heavy atom. The molecule has 0 saturated heterocycles. The van der Waals surface area contributed by atoms with E-state index in [1.165, 1.54) is 0 Å². The Kier molecular flexibility index (Phi) is 2.84. The van der Waals surface area contributed by atoms with Gasteiger partial charge in [-0.3, -0.25) is 0 Å². The van der Waals surface area contributed by atoms with Crippen LogP contribution in [0.25, 0.3) is 11.3 Å². The van der Waals surface area contributed by atoms with Gasteiger partial charge in [0.1, 0.15) is 11.1 Å². The van der Waals surface area contributed by atoms with E-state index >= 15 is 0 Å². The van der Waals surface area contributed by atoms with Crippen molar-refractivity contribution in [2.75, 3.05) is 0 Å². The molecule has 0 fully saturated rings. The van der Waals surface area contributed by atoms with Crippen LogP contribution in [0.4, 0.5) is 0 Å². The number of rotatable bonds is 2. The van der Waals surface area contributed by atoms with Gasteiger partial charge < -0.3 is 5.11 Å². The van der Waals surface area contributed by atoms with Crippen LogP contribution in [-0.2, 0) is 0 Å². The number of hydrogen-bond donors (Lipinski definition) is 1. The van der Waals surface area contributed by atoms with E-state index in [0.717, 1.165) is 21.1 Å². The van der Waals surface area contributed by atoms with Crippen molar-refractivity contribution in [3.63, 3.8) is 0 Å². The van der Waals surface area contributed by atoms with Gasteiger partial charge in [0, 0.05) is 10.4 Å². The Morgan fingerprint density at radius 2 is 1.93 bits per heavy atom. The van der Waals surface area contributed by atoms with Crippen LogP contribution in [0, 0.1) is 6.92 Å². The average Bonchev–Trinajstić information content (AvgIpc) is 2.62. The Labute approximate surface area is 93.2 Å². The molecule has 1 atom stereocenters. The summed E-state index contributed by atoms with van der Waals surface area (Å²) in [6.07, 6.45) is -0.480. The molecule has 2 rings (SSSR count). The highest BCUT2D eigenvalue weighted by atomic mass is 32.1. The normalized spacial score (nSPS) is 12.7. The molecule has 1 aromatic heterocycles. The number of nitrogens with zero attached hydrogens (tertiary/aromatic N) is 1. The second-order valence-corrected chi connectivity index (χ2v) is 4.73. The number of aliphatic hydroxyl groups is 1. The van der Waals surface area contributed by atoms with E-state index in [0.29, 0.717) is 0 Å². The van der Waals surface area contributed by atoms with Crippen molar-refractivity contribution >= 4 is 11.3 Å². The summed E-state index contributed by atoms with van der Waals surface area (Å²) in [6, 6.07) is 10.1. The molecule has 1 unspecified atom stereocenters. The predicted octanol–water partition coefficient (Wildman–Crippen LogP) is 3.17. The van der Waals surface area contributed by atoms with E-state index < -0.39 is 6.10 Å². The average molecular weight is 219 g/mol. The van der Waals surface area contributed by atoms with Crippen LogP contribution in [0.1, 0.15) is 22.9 Å². The minimum atomic E-state index is -0.480. The van der Waals surface area contributed by atoms with Crippen molar-refractivity contribution in [3.8, 4) is 11.3 Å². The molecule has 1 aromatic carbocycles. The summed E-state index contributed by atoms with van der Waals surface area (Å²) in [5, 5.41) is 10.2. The zero-order chi connectivity index (χ0) is 10.8. The molecule has 0 aliphatic heterocycles. The Hall–Kier alpha value is -1.19. The highest BCUT2D eigenvalue weighted by Crippen LogP contribution is 2.29. The van der Waals surface area contributed by atoms with Gasteiger partial charge in [-0.2, -0.15) is 0 Å². The van der Waals surface area contributed by atoms with E-state index in [9.17, 15) is 5.11 Å². The fraction of sp³-hybridized carbons (Fsp3) is 0.250. The lowest BCUT2D eigenvalue weighted by Crippen LogP contribution is -1.89. The third-order valence-electron chi connectivity index (χ3n) is 2.22. The fourth-order valence-corrected chi connectivity index (χ4v) is 2.34. The Bertz CT molecular complexity index is 448. The molecule has 0 aliphatic carbocycles. The van der Waals surface area contributed by atoms with Crippen LogP contribution < -0.4 is 0 Å². The monoisotopic (exact) mass is 219 g/mol. The summed E-state index contributed by atoms with van der Waals surface area (Å²) < 4.78 is 0. The maximum Gasteiger partial charge on any atom is 0.122 e. The van der Waals surface area contributed by atoms with Gasteiger partial charge in [0.15, 0.2) is 0 Å². The number of benzene rings is 1. The molecular formula is C12H13NOS. The smallest absolute Gasteiger partial charge is 0.122 e. The predicted molar refractivity (Wildman–Crippen MR) is 62.9 cm³/mol. The van der Waals surface area contributed by atoms with Gasteiger partial charge in [-0.1, -0.05) is 30.3 Å². The number of thiazole rings is 1. The van der Waals surface area contributed by atoms with Gasteiger partial charge in [0.25, 0.3) is 0 Å². The van der Waals surface area contributed by atoms with E-state index in [1.807, 2.05) is 37.3 Å². The third-order valence-corrected chi connectivity index (χ3v) is 3.36. The second kappa shape index (κ2) is 4.13. The van der Waals surface area contributed by atoms with Crippen LogP contribution >= 0.6 is 11.3 Å². The van der Waals surface area contributed by atoms with E-state index in [2.05, 4.69) is 4.98 Å². The molecular weight excluding hydrogens is 206 g/mol. The number of hydrogen-bond acceptors (Lipinski definition) is 3. The summed E-state index contributed by atoms with van der Waals surface area (Å²) in [5.74, 6) is 0. The number of aryl methyl sites for hydroxylation is 1. The summed E-state index contributed by atoms with van der Waals surface area (Å²) in [4.78, 5) is 5.60. The van der Waals surface area contributed by atoms with Crippen molar-refractivity contribution in [1.29, 1.82) is 0 Å². The topological polar surface area (TPSA) is 33.1 Å². The summed E-state index contributed by atoms with van der Waals surface area (Å²) in [6.45, 7) is 3.78. The van der Waals surface area contributed by atoms with E-state index in [-0.39, 0.29) is 0 Å². The molecule has 0 aliphatic rings. The molecule has 2 nitrogen and oxygen atoms in total. The van der Waals surface area contributed by atoms with Gasteiger partial charge >= 0.3 is 0 Å². The first-order valence-corrected chi connectivity index (χ1v) is 5.71. The van der Waals surface area contributed by atoms with Crippen LogP contribution in [0.2, 0.25) is 0 Å². The highest BCUT2D eigenvalue weighted by Gasteiger charge is 2.12. The van der Waals surface area contributed by atoms with Gasteiger partial charge in [-0.05, 0) is 13.8 Å². The zero-order valence-corrected chi connectivity index (χ0v) is 9.58. The van der Waals surface area contributed by atoms with Gasteiger partial charge in [-0.25, -0.2) is 4.98 Å². The van der Waals surface area contributed by atoms with Crippen LogP contribution in [0.3, 0.4) is 0 Å². The molecule has 0 amide bonds. The van der Waals surface area contributed by atoms with Crippen LogP contribution in [0.5, 0.6) is 0 Å².